The van der Waals surface area contributed by atoms with Crippen LogP contribution in [0.5, 0.6) is 0 Å². The SMILES string of the molecule is Cc1cc(C(C)C)c2c(C(C)C)coc2n1. The topological polar surface area (TPSA) is 26.0 Å². The third-order valence-corrected chi connectivity index (χ3v) is 2.98. The molecular formula is C14H19NO. The molecule has 0 aliphatic rings. The smallest absolute Gasteiger partial charge is 0.226 e. The summed E-state index contributed by atoms with van der Waals surface area (Å²) < 4.78 is 5.57. The fraction of sp³-hybridized carbons (Fsp3) is 0.500. The first-order valence-electron chi connectivity index (χ1n) is 5.89. The van der Waals surface area contributed by atoms with Crippen LogP contribution >= 0.6 is 0 Å². The molecule has 16 heavy (non-hydrogen) atoms. The molecule has 2 heteroatoms. The first-order chi connectivity index (χ1) is 7.50. The van der Waals surface area contributed by atoms with Gasteiger partial charge in [0.25, 0.3) is 0 Å². The molecule has 0 spiro atoms. The minimum absolute atomic E-state index is 0.475. The minimum Gasteiger partial charge on any atom is -0.446 e. The maximum atomic E-state index is 5.57. The van der Waals surface area contributed by atoms with Gasteiger partial charge in [0, 0.05) is 16.6 Å². The molecule has 0 atom stereocenters. The molecule has 2 nitrogen and oxygen atoms in total. The van der Waals surface area contributed by atoms with Crippen molar-refractivity contribution in [1.82, 2.24) is 4.98 Å². The Labute approximate surface area is 96.7 Å². The number of nitrogens with zero attached hydrogens (tertiary/aromatic N) is 1. The summed E-state index contributed by atoms with van der Waals surface area (Å²) >= 11 is 0. The number of aromatic nitrogens is 1. The third-order valence-electron chi connectivity index (χ3n) is 2.98. The Hall–Kier alpha value is -1.31. The highest BCUT2D eigenvalue weighted by molar-refractivity contribution is 5.83. The summed E-state index contributed by atoms with van der Waals surface area (Å²) in [5.41, 5.74) is 4.43. The van der Waals surface area contributed by atoms with Gasteiger partial charge in [0.15, 0.2) is 0 Å². The van der Waals surface area contributed by atoms with E-state index in [-0.39, 0.29) is 0 Å². The third kappa shape index (κ3) is 1.73. The summed E-state index contributed by atoms with van der Waals surface area (Å²) in [5, 5.41) is 1.22. The Morgan fingerprint density at radius 2 is 1.69 bits per heavy atom. The van der Waals surface area contributed by atoms with Gasteiger partial charge in [-0.1, -0.05) is 27.7 Å². The zero-order valence-corrected chi connectivity index (χ0v) is 10.7. The second-order valence-corrected chi connectivity index (χ2v) is 5.03. The zero-order valence-electron chi connectivity index (χ0n) is 10.7. The van der Waals surface area contributed by atoms with Crippen LogP contribution in [0.3, 0.4) is 0 Å². The van der Waals surface area contributed by atoms with Crippen molar-refractivity contribution < 1.29 is 4.42 Å². The van der Waals surface area contributed by atoms with Crippen molar-refractivity contribution in [3.63, 3.8) is 0 Å². The fourth-order valence-corrected chi connectivity index (χ4v) is 2.10. The molecule has 0 amide bonds. The lowest BCUT2D eigenvalue weighted by atomic mass is 9.94. The van der Waals surface area contributed by atoms with E-state index in [1.807, 2.05) is 13.2 Å². The average Bonchev–Trinajstić information content (AvgIpc) is 2.59. The quantitative estimate of drug-likeness (QED) is 0.746. The van der Waals surface area contributed by atoms with E-state index >= 15 is 0 Å². The van der Waals surface area contributed by atoms with E-state index in [1.54, 1.807) is 0 Å². The maximum absolute atomic E-state index is 5.57. The zero-order chi connectivity index (χ0) is 11.9. The van der Waals surface area contributed by atoms with Gasteiger partial charge in [0.05, 0.1) is 6.26 Å². The predicted molar refractivity (Wildman–Crippen MR) is 66.9 cm³/mol. The summed E-state index contributed by atoms with van der Waals surface area (Å²) in [7, 11) is 0. The van der Waals surface area contributed by atoms with Crippen molar-refractivity contribution >= 4 is 11.1 Å². The van der Waals surface area contributed by atoms with Crippen molar-refractivity contribution in [2.24, 2.45) is 0 Å². The minimum atomic E-state index is 0.475. The molecule has 0 saturated heterocycles. The molecule has 0 aliphatic heterocycles. The molecule has 86 valence electrons. The highest BCUT2D eigenvalue weighted by Crippen LogP contribution is 2.33. The van der Waals surface area contributed by atoms with Crippen LogP contribution in [-0.2, 0) is 0 Å². The van der Waals surface area contributed by atoms with Gasteiger partial charge in [-0.2, -0.15) is 0 Å². The molecule has 0 radical (unpaired) electrons. The van der Waals surface area contributed by atoms with E-state index in [2.05, 4.69) is 38.7 Å². The number of hydrogen-bond acceptors (Lipinski definition) is 2. The molecule has 2 aromatic rings. The summed E-state index contributed by atoms with van der Waals surface area (Å²) in [6, 6.07) is 2.17. The molecule has 0 aliphatic carbocycles. The van der Waals surface area contributed by atoms with E-state index in [9.17, 15) is 0 Å². The first kappa shape index (κ1) is 11.2. The van der Waals surface area contributed by atoms with Crippen molar-refractivity contribution in [3.05, 3.63) is 29.2 Å². The Morgan fingerprint density at radius 3 is 2.25 bits per heavy atom. The molecule has 0 aromatic carbocycles. The van der Waals surface area contributed by atoms with Gasteiger partial charge < -0.3 is 4.42 Å². The summed E-state index contributed by atoms with van der Waals surface area (Å²) in [4.78, 5) is 4.46. The lowest BCUT2D eigenvalue weighted by Crippen LogP contribution is -1.95. The molecule has 2 rings (SSSR count). The molecular weight excluding hydrogens is 198 g/mol. The maximum Gasteiger partial charge on any atom is 0.226 e. The second-order valence-electron chi connectivity index (χ2n) is 5.03. The normalized spacial score (nSPS) is 11.9. The van der Waals surface area contributed by atoms with Crippen molar-refractivity contribution in [2.45, 2.75) is 46.5 Å². The molecule has 0 saturated carbocycles. The molecule has 2 heterocycles. The van der Waals surface area contributed by atoms with Gasteiger partial charge in [-0.25, -0.2) is 4.98 Å². The summed E-state index contributed by atoms with van der Waals surface area (Å²) in [6.45, 7) is 10.8. The summed E-state index contributed by atoms with van der Waals surface area (Å²) in [6.07, 6.45) is 1.85. The van der Waals surface area contributed by atoms with Crippen LogP contribution in [0.4, 0.5) is 0 Å². The van der Waals surface area contributed by atoms with Crippen LogP contribution in [0.2, 0.25) is 0 Å². The van der Waals surface area contributed by atoms with Crippen LogP contribution in [0, 0.1) is 6.92 Å². The van der Waals surface area contributed by atoms with Gasteiger partial charge in [-0.15, -0.1) is 0 Å². The Bertz CT molecular complexity index is 509. The van der Waals surface area contributed by atoms with Crippen LogP contribution in [0.25, 0.3) is 11.1 Å². The van der Waals surface area contributed by atoms with Crippen LogP contribution in [0.1, 0.15) is 56.4 Å². The molecule has 2 aromatic heterocycles. The molecule has 0 unspecified atom stereocenters. The van der Waals surface area contributed by atoms with E-state index in [0.29, 0.717) is 11.8 Å². The lowest BCUT2D eigenvalue weighted by molar-refractivity contribution is 0.593. The monoisotopic (exact) mass is 217 g/mol. The number of rotatable bonds is 2. The van der Waals surface area contributed by atoms with Crippen LogP contribution in [-0.4, -0.2) is 4.98 Å². The van der Waals surface area contributed by atoms with Gasteiger partial charge in [0.1, 0.15) is 0 Å². The second kappa shape index (κ2) is 3.93. The standard InChI is InChI=1S/C14H19NO/c1-8(2)11-6-10(5)15-14-13(11)12(7-16-14)9(3)4/h6-9H,1-5H3. The first-order valence-corrected chi connectivity index (χ1v) is 5.89. The van der Waals surface area contributed by atoms with Gasteiger partial charge in [-0.3, -0.25) is 0 Å². The van der Waals surface area contributed by atoms with Crippen LogP contribution in [0.15, 0.2) is 16.7 Å². The largest absolute Gasteiger partial charge is 0.446 e. The van der Waals surface area contributed by atoms with Crippen molar-refractivity contribution in [1.29, 1.82) is 0 Å². The number of fused-ring (bicyclic) bond motifs is 1. The Morgan fingerprint density at radius 1 is 1.06 bits per heavy atom. The number of aryl methyl sites for hydroxylation is 1. The van der Waals surface area contributed by atoms with Gasteiger partial charge in [-0.05, 0) is 30.4 Å². The number of furan rings is 1. The summed E-state index contributed by atoms with van der Waals surface area (Å²) in [5.74, 6) is 0.975. The van der Waals surface area contributed by atoms with Gasteiger partial charge >= 0.3 is 0 Å². The molecule has 0 N–H and O–H groups in total. The molecule has 0 fully saturated rings. The Balaban J connectivity index is 2.79. The predicted octanol–water partition coefficient (Wildman–Crippen LogP) is 4.38. The van der Waals surface area contributed by atoms with E-state index < -0.39 is 0 Å². The van der Waals surface area contributed by atoms with E-state index in [0.717, 1.165) is 11.4 Å². The van der Waals surface area contributed by atoms with E-state index in [1.165, 1.54) is 16.5 Å². The van der Waals surface area contributed by atoms with Crippen molar-refractivity contribution in [2.75, 3.05) is 0 Å². The van der Waals surface area contributed by atoms with Crippen LogP contribution < -0.4 is 0 Å². The van der Waals surface area contributed by atoms with Gasteiger partial charge in [0.2, 0.25) is 5.71 Å². The fourth-order valence-electron chi connectivity index (χ4n) is 2.10. The number of pyridine rings is 1. The lowest BCUT2D eigenvalue weighted by Gasteiger charge is -2.10. The van der Waals surface area contributed by atoms with E-state index in [4.69, 9.17) is 4.42 Å². The molecule has 0 bridgehead atoms. The highest BCUT2D eigenvalue weighted by atomic mass is 16.3. The highest BCUT2D eigenvalue weighted by Gasteiger charge is 2.16. The number of hydrogen-bond donors (Lipinski definition) is 0. The Kier molecular flexibility index (Phi) is 2.75. The van der Waals surface area contributed by atoms with Crippen molar-refractivity contribution in [3.8, 4) is 0 Å². The average molecular weight is 217 g/mol.